The molecule has 1 aromatic rings. The Bertz CT molecular complexity index is 774. The molecule has 0 spiro atoms. The first-order valence-corrected chi connectivity index (χ1v) is 9.03. The number of anilines is 1. The molecule has 0 bridgehead atoms. The van der Waals surface area contributed by atoms with Crippen LogP contribution in [-0.2, 0) is 24.2 Å². The van der Waals surface area contributed by atoms with E-state index in [1.54, 1.807) is 12.1 Å². The molecule has 0 aliphatic carbocycles. The summed E-state index contributed by atoms with van der Waals surface area (Å²) in [7, 11) is -0.569. The van der Waals surface area contributed by atoms with Gasteiger partial charge in [-0.2, -0.15) is 0 Å². The predicted molar refractivity (Wildman–Crippen MR) is 86.2 cm³/mol. The molecule has 24 heavy (non-hydrogen) atoms. The van der Waals surface area contributed by atoms with Crippen LogP contribution in [0.4, 0.5) is 5.69 Å². The minimum absolute atomic E-state index is 0.00206. The third-order valence-electron chi connectivity index (χ3n) is 3.85. The second-order valence-electron chi connectivity index (χ2n) is 5.46. The molecule has 0 saturated carbocycles. The zero-order chi connectivity index (χ0) is 17.9. The van der Waals surface area contributed by atoms with Crippen LogP contribution in [-0.4, -0.2) is 62.8 Å². The van der Waals surface area contributed by atoms with Crippen molar-refractivity contribution in [3.8, 4) is 0 Å². The topological polar surface area (TPSA) is 110 Å². The van der Waals surface area contributed by atoms with Crippen molar-refractivity contribution in [2.45, 2.75) is 12.5 Å². The molecule has 2 rings (SSSR count). The Balaban J connectivity index is 2.10. The Morgan fingerprint density at radius 3 is 2.50 bits per heavy atom. The number of nitrogens with zero attached hydrogens (tertiary/aromatic N) is 1. The molecule has 8 nitrogen and oxygen atoms in total. The second-order valence-corrected chi connectivity index (χ2v) is 7.69. The molecule has 1 saturated heterocycles. The number of nitrogens with one attached hydrogen (secondary N) is 1. The fourth-order valence-corrected chi connectivity index (χ4v) is 4.24. The molecule has 9 heteroatoms. The van der Waals surface area contributed by atoms with Crippen molar-refractivity contribution in [3.63, 3.8) is 0 Å². The molecule has 1 aliphatic heterocycles. The number of sulfone groups is 1. The summed E-state index contributed by atoms with van der Waals surface area (Å²) in [6, 6.07) is 5.60. The number of para-hydroxylation sites is 1. The smallest absolute Gasteiger partial charge is 0.339 e. The molecule has 2 amide bonds. The molecule has 1 N–H and O–H groups in total. The lowest BCUT2D eigenvalue weighted by Gasteiger charge is -2.22. The minimum atomic E-state index is -3.17. The van der Waals surface area contributed by atoms with Crippen molar-refractivity contribution < 1.29 is 27.5 Å². The Labute approximate surface area is 139 Å². The fraction of sp³-hybridized carbons (Fsp3) is 0.400. The summed E-state index contributed by atoms with van der Waals surface area (Å²) < 4.78 is 27.6. The highest BCUT2D eigenvalue weighted by Crippen LogP contribution is 2.18. The van der Waals surface area contributed by atoms with Gasteiger partial charge >= 0.3 is 17.8 Å². The lowest BCUT2D eigenvalue weighted by Crippen LogP contribution is -2.44. The van der Waals surface area contributed by atoms with Gasteiger partial charge in [-0.1, -0.05) is 12.1 Å². The van der Waals surface area contributed by atoms with Crippen molar-refractivity contribution in [2.24, 2.45) is 0 Å². The van der Waals surface area contributed by atoms with E-state index in [1.165, 1.54) is 26.3 Å². The molecular formula is C15H18N2O6S. The molecule has 1 heterocycles. The number of amides is 2. The Kier molecular flexibility index (Phi) is 5.23. The molecule has 0 aromatic heterocycles. The maximum atomic E-state index is 12.2. The minimum Gasteiger partial charge on any atom is -0.465 e. The molecular weight excluding hydrogens is 336 g/mol. The number of hydrogen-bond acceptors (Lipinski definition) is 6. The highest BCUT2D eigenvalue weighted by Gasteiger charge is 2.34. The van der Waals surface area contributed by atoms with E-state index in [4.69, 9.17) is 0 Å². The molecule has 130 valence electrons. The zero-order valence-corrected chi connectivity index (χ0v) is 14.1. The van der Waals surface area contributed by atoms with E-state index in [-0.39, 0.29) is 22.8 Å². The van der Waals surface area contributed by atoms with E-state index < -0.39 is 33.7 Å². The van der Waals surface area contributed by atoms with Crippen LogP contribution in [0.3, 0.4) is 0 Å². The van der Waals surface area contributed by atoms with E-state index in [0.29, 0.717) is 6.42 Å². The van der Waals surface area contributed by atoms with Crippen LogP contribution in [0.25, 0.3) is 0 Å². The van der Waals surface area contributed by atoms with E-state index >= 15 is 0 Å². The third-order valence-corrected chi connectivity index (χ3v) is 5.60. The quantitative estimate of drug-likeness (QED) is 0.607. The molecule has 1 atom stereocenters. The molecule has 1 aliphatic rings. The largest absolute Gasteiger partial charge is 0.465 e. The number of methoxy groups -OCH3 is 1. The maximum Gasteiger partial charge on any atom is 0.339 e. The normalized spacial score (nSPS) is 18.7. The first-order chi connectivity index (χ1) is 11.2. The SMILES string of the molecule is COC(=O)c1ccccc1NC(=O)C(=O)N(C)C1CCS(=O)(=O)C1. The van der Waals surface area contributed by atoms with Crippen molar-refractivity contribution in [1.82, 2.24) is 4.90 Å². The van der Waals surface area contributed by atoms with Crippen LogP contribution in [0, 0.1) is 0 Å². The average molecular weight is 354 g/mol. The van der Waals surface area contributed by atoms with E-state index in [2.05, 4.69) is 10.1 Å². The van der Waals surface area contributed by atoms with Gasteiger partial charge in [-0.15, -0.1) is 0 Å². The lowest BCUT2D eigenvalue weighted by molar-refractivity contribution is -0.143. The van der Waals surface area contributed by atoms with Crippen LogP contribution < -0.4 is 5.32 Å². The maximum absolute atomic E-state index is 12.2. The number of esters is 1. The summed E-state index contributed by atoms with van der Waals surface area (Å²) in [5.41, 5.74) is 0.266. The van der Waals surface area contributed by atoms with Gasteiger partial charge in [0.25, 0.3) is 0 Å². The highest BCUT2D eigenvalue weighted by atomic mass is 32.2. The van der Waals surface area contributed by atoms with Gasteiger partial charge in [0.05, 0.1) is 29.9 Å². The number of rotatable bonds is 3. The molecule has 1 fully saturated rings. The van der Waals surface area contributed by atoms with E-state index in [0.717, 1.165) is 4.90 Å². The first-order valence-electron chi connectivity index (χ1n) is 7.21. The second kappa shape index (κ2) is 7.00. The van der Waals surface area contributed by atoms with E-state index in [9.17, 15) is 22.8 Å². The number of benzene rings is 1. The molecule has 0 radical (unpaired) electrons. The zero-order valence-electron chi connectivity index (χ0n) is 13.3. The van der Waals surface area contributed by atoms with Gasteiger partial charge in [-0.3, -0.25) is 9.59 Å². The monoisotopic (exact) mass is 354 g/mol. The van der Waals surface area contributed by atoms with Crippen LogP contribution in [0.15, 0.2) is 24.3 Å². The van der Waals surface area contributed by atoms with E-state index in [1.807, 2.05) is 0 Å². The van der Waals surface area contributed by atoms with Gasteiger partial charge in [0.15, 0.2) is 9.84 Å². The van der Waals surface area contributed by atoms with Crippen LogP contribution in [0.1, 0.15) is 16.8 Å². The first kappa shape index (κ1) is 17.9. The standard InChI is InChI=1S/C15H18N2O6S/c1-17(10-7-8-24(21,22)9-10)14(19)13(18)16-12-6-4-3-5-11(12)15(20)23-2/h3-6,10H,7-9H2,1-2H3,(H,16,18). The molecule has 1 unspecified atom stereocenters. The number of likely N-dealkylation sites (N-methyl/N-ethyl adjacent to an activating group) is 1. The lowest BCUT2D eigenvalue weighted by atomic mass is 10.1. The fourth-order valence-electron chi connectivity index (χ4n) is 2.46. The summed E-state index contributed by atoms with van der Waals surface area (Å²) in [4.78, 5) is 37.1. The Morgan fingerprint density at radius 1 is 1.25 bits per heavy atom. The number of carbonyl (C=O) groups excluding carboxylic acids is 3. The molecule has 1 aromatic carbocycles. The van der Waals surface area contributed by atoms with Crippen LogP contribution in [0.5, 0.6) is 0 Å². The summed E-state index contributed by atoms with van der Waals surface area (Å²) in [5, 5.41) is 2.37. The van der Waals surface area contributed by atoms with Gasteiger partial charge in [0.1, 0.15) is 0 Å². The third kappa shape index (κ3) is 3.91. The van der Waals surface area contributed by atoms with Crippen LogP contribution >= 0.6 is 0 Å². The highest BCUT2D eigenvalue weighted by molar-refractivity contribution is 7.91. The number of hydrogen-bond donors (Lipinski definition) is 1. The number of carbonyl (C=O) groups is 3. The summed E-state index contributed by atoms with van der Waals surface area (Å²) in [5.74, 6) is -2.60. The summed E-state index contributed by atoms with van der Waals surface area (Å²) in [6.45, 7) is 0. The van der Waals surface area contributed by atoms with Gasteiger partial charge < -0.3 is 15.0 Å². The van der Waals surface area contributed by atoms with Crippen LogP contribution in [0.2, 0.25) is 0 Å². The Morgan fingerprint density at radius 2 is 1.92 bits per heavy atom. The number of ether oxygens (including phenoxy) is 1. The predicted octanol–water partition coefficient (Wildman–Crippen LogP) is 0.0572. The average Bonchev–Trinajstić information content (AvgIpc) is 2.93. The van der Waals surface area contributed by atoms with Crippen molar-refractivity contribution in [1.29, 1.82) is 0 Å². The summed E-state index contributed by atoms with van der Waals surface area (Å²) >= 11 is 0. The van der Waals surface area contributed by atoms with Crippen molar-refractivity contribution >= 4 is 33.3 Å². The van der Waals surface area contributed by atoms with Gasteiger partial charge in [0.2, 0.25) is 0 Å². The van der Waals surface area contributed by atoms with Crippen molar-refractivity contribution in [3.05, 3.63) is 29.8 Å². The Hall–Kier alpha value is -2.42. The van der Waals surface area contributed by atoms with Gasteiger partial charge in [-0.25, -0.2) is 13.2 Å². The van der Waals surface area contributed by atoms with Gasteiger partial charge in [0, 0.05) is 13.1 Å². The summed E-state index contributed by atoms with van der Waals surface area (Å²) in [6.07, 6.45) is 0.302. The van der Waals surface area contributed by atoms with Crippen molar-refractivity contribution in [2.75, 3.05) is 31.0 Å². The van der Waals surface area contributed by atoms with Gasteiger partial charge in [-0.05, 0) is 18.6 Å².